The molecule has 0 aliphatic carbocycles. The molecule has 0 amide bonds. The first-order valence-electron chi connectivity index (χ1n) is 7.20. The summed E-state index contributed by atoms with van der Waals surface area (Å²) in [6.07, 6.45) is 2.72. The third-order valence-corrected chi connectivity index (χ3v) is 3.64. The van der Waals surface area contributed by atoms with Gasteiger partial charge in [0.25, 0.3) is 0 Å². The number of aryl methyl sites for hydroxylation is 1. The zero-order valence-corrected chi connectivity index (χ0v) is 13.9. The van der Waals surface area contributed by atoms with Crippen LogP contribution in [0.1, 0.15) is 35.5 Å². The van der Waals surface area contributed by atoms with Crippen LogP contribution in [0.3, 0.4) is 0 Å². The molecule has 2 rings (SSSR count). The predicted molar refractivity (Wildman–Crippen MR) is 86.5 cm³/mol. The van der Waals surface area contributed by atoms with Crippen molar-refractivity contribution >= 4 is 23.5 Å². The molecule has 1 aromatic heterocycles. The standard InChI is InChI=1S/C17H17ClF2N2O/c1-10(2)9-22-17(18)13(11(3)21-22)6-7-16(23)14-5-4-12(19)8-15(14)20/h4-8,10H,9H2,1-3H3/b7-6+. The Kier molecular flexibility index (Phi) is 5.31. The van der Waals surface area contributed by atoms with Gasteiger partial charge in [0.15, 0.2) is 5.78 Å². The van der Waals surface area contributed by atoms with Gasteiger partial charge in [0, 0.05) is 18.2 Å². The van der Waals surface area contributed by atoms with Gasteiger partial charge in [-0.1, -0.05) is 25.4 Å². The Morgan fingerprint density at radius 1 is 1.39 bits per heavy atom. The molecule has 1 aromatic carbocycles. The third-order valence-electron chi connectivity index (χ3n) is 3.25. The number of benzene rings is 1. The Morgan fingerprint density at radius 3 is 2.70 bits per heavy atom. The monoisotopic (exact) mass is 338 g/mol. The Labute approximate surface area is 138 Å². The Morgan fingerprint density at radius 2 is 2.09 bits per heavy atom. The number of rotatable bonds is 5. The summed E-state index contributed by atoms with van der Waals surface area (Å²) in [5, 5.41) is 4.76. The summed E-state index contributed by atoms with van der Waals surface area (Å²) in [5.41, 5.74) is 1.11. The van der Waals surface area contributed by atoms with Crippen molar-refractivity contribution in [1.82, 2.24) is 9.78 Å². The van der Waals surface area contributed by atoms with Crippen LogP contribution < -0.4 is 0 Å². The zero-order chi connectivity index (χ0) is 17.1. The van der Waals surface area contributed by atoms with Gasteiger partial charge >= 0.3 is 0 Å². The fraction of sp³-hybridized carbons (Fsp3) is 0.294. The van der Waals surface area contributed by atoms with Gasteiger partial charge in [-0.25, -0.2) is 8.78 Å². The average Bonchev–Trinajstić information content (AvgIpc) is 2.70. The van der Waals surface area contributed by atoms with Crippen LogP contribution in [-0.4, -0.2) is 15.6 Å². The number of halogens is 3. The molecular formula is C17H17ClF2N2O. The number of hydrogen-bond acceptors (Lipinski definition) is 2. The van der Waals surface area contributed by atoms with Crippen LogP contribution in [0.4, 0.5) is 8.78 Å². The van der Waals surface area contributed by atoms with Crippen molar-refractivity contribution in [2.24, 2.45) is 5.92 Å². The number of ketones is 1. The first-order valence-corrected chi connectivity index (χ1v) is 7.57. The van der Waals surface area contributed by atoms with Gasteiger partial charge in [0.05, 0.1) is 11.3 Å². The molecular weight excluding hydrogens is 322 g/mol. The van der Waals surface area contributed by atoms with Gasteiger partial charge in [-0.3, -0.25) is 9.48 Å². The molecule has 0 radical (unpaired) electrons. The Balaban J connectivity index is 2.26. The molecule has 1 heterocycles. The van der Waals surface area contributed by atoms with E-state index in [0.717, 1.165) is 12.1 Å². The minimum absolute atomic E-state index is 0.189. The molecule has 0 atom stereocenters. The summed E-state index contributed by atoms with van der Waals surface area (Å²) in [6, 6.07) is 2.84. The molecule has 0 saturated heterocycles. The van der Waals surface area contributed by atoms with E-state index in [0.29, 0.717) is 34.9 Å². The summed E-state index contributed by atoms with van der Waals surface area (Å²) >= 11 is 6.27. The Hall–Kier alpha value is -2.01. The van der Waals surface area contributed by atoms with Crippen LogP contribution in [0.2, 0.25) is 5.15 Å². The highest BCUT2D eigenvalue weighted by Gasteiger charge is 2.14. The van der Waals surface area contributed by atoms with Crippen LogP contribution in [0.5, 0.6) is 0 Å². The van der Waals surface area contributed by atoms with Gasteiger partial charge in [0.2, 0.25) is 0 Å². The zero-order valence-electron chi connectivity index (χ0n) is 13.1. The Bertz CT molecular complexity index is 766. The molecule has 3 nitrogen and oxygen atoms in total. The van der Waals surface area contributed by atoms with Gasteiger partial charge in [-0.05, 0) is 37.1 Å². The van der Waals surface area contributed by atoms with Gasteiger partial charge in [-0.2, -0.15) is 5.10 Å². The summed E-state index contributed by atoms with van der Waals surface area (Å²) in [6.45, 7) is 6.53. The van der Waals surface area contributed by atoms with Crippen LogP contribution in [0.25, 0.3) is 6.08 Å². The van der Waals surface area contributed by atoms with Crippen LogP contribution in [0, 0.1) is 24.5 Å². The maximum atomic E-state index is 13.6. The molecule has 6 heteroatoms. The molecule has 0 aliphatic rings. The van der Waals surface area contributed by atoms with E-state index in [-0.39, 0.29) is 5.56 Å². The first-order chi connectivity index (χ1) is 10.8. The summed E-state index contributed by atoms with van der Waals surface area (Å²) in [4.78, 5) is 12.0. The normalized spacial score (nSPS) is 11.6. The molecule has 0 spiro atoms. The third kappa shape index (κ3) is 4.05. The maximum Gasteiger partial charge on any atom is 0.188 e. The molecule has 0 fully saturated rings. The maximum absolute atomic E-state index is 13.6. The first kappa shape index (κ1) is 17.3. The minimum atomic E-state index is -0.891. The summed E-state index contributed by atoms with van der Waals surface area (Å²) < 4.78 is 28.1. The summed E-state index contributed by atoms with van der Waals surface area (Å²) in [7, 11) is 0. The van der Waals surface area contributed by atoms with E-state index in [1.165, 1.54) is 12.2 Å². The molecule has 0 saturated carbocycles. The molecule has 0 unspecified atom stereocenters. The van der Waals surface area contributed by atoms with Crippen LogP contribution in [0.15, 0.2) is 24.3 Å². The lowest BCUT2D eigenvalue weighted by Gasteiger charge is -2.05. The van der Waals surface area contributed by atoms with Crippen molar-refractivity contribution in [2.75, 3.05) is 0 Å². The van der Waals surface area contributed by atoms with Crippen molar-refractivity contribution < 1.29 is 13.6 Å². The lowest BCUT2D eigenvalue weighted by atomic mass is 10.1. The van der Waals surface area contributed by atoms with Gasteiger partial charge < -0.3 is 0 Å². The van der Waals surface area contributed by atoms with E-state index in [1.54, 1.807) is 11.6 Å². The van der Waals surface area contributed by atoms with Crippen molar-refractivity contribution in [3.63, 3.8) is 0 Å². The molecule has 23 heavy (non-hydrogen) atoms. The van der Waals surface area contributed by atoms with E-state index in [2.05, 4.69) is 5.10 Å². The largest absolute Gasteiger partial charge is 0.289 e. The molecule has 122 valence electrons. The lowest BCUT2D eigenvalue weighted by Crippen LogP contribution is -2.06. The van der Waals surface area contributed by atoms with Crippen molar-refractivity contribution in [3.8, 4) is 0 Å². The van der Waals surface area contributed by atoms with E-state index in [1.807, 2.05) is 13.8 Å². The van der Waals surface area contributed by atoms with Gasteiger partial charge in [-0.15, -0.1) is 0 Å². The topological polar surface area (TPSA) is 34.9 Å². The number of hydrogen-bond donors (Lipinski definition) is 0. The summed E-state index contributed by atoms with van der Waals surface area (Å²) in [5.74, 6) is -1.80. The minimum Gasteiger partial charge on any atom is -0.289 e. The van der Waals surface area contributed by atoms with Crippen molar-refractivity contribution in [2.45, 2.75) is 27.3 Å². The second kappa shape index (κ2) is 7.04. The smallest absolute Gasteiger partial charge is 0.188 e. The molecule has 0 N–H and O–H groups in total. The average molecular weight is 339 g/mol. The molecule has 0 bridgehead atoms. The number of nitrogens with zero attached hydrogens (tertiary/aromatic N) is 2. The number of carbonyl (C=O) groups is 1. The van der Waals surface area contributed by atoms with E-state index < -0.39 is 17.4 Å². The van der Waals surface area contributed by atoms with Crippen molar-refractivity contribution in [1.29, 1.82) is 0 Å². The fourth-order valence-corrected chi connectivity index (χ4v) is 2.47. The highest BCUT2D eigenvalue weighted by Crippen LogP contribution is 2.22. The van der Waals surface area contributed by atoms with Crippen LogP contribution >= 0.6 is 11.6 Å². The predicted octanol–water partition coefficient (Wildman–Crippen LogP) is 4.68. The second-order valence-corrected chi connectivity index (χ2v) is 6.05. The van der Waals surface area contributed by atoms with E-state index in [4.69, 9.17) is 11.6 Å². The van der Waals surface area contributed by atoms with Crippen LogP contribution in [-0.2, 0) is 6.54 Å². The lowest BCUT2D eigenvalue weighted by molar-refractivity contribution is 0.104. The molecule has 2 aromatic rings. The SMILES string of the molecule is Cc1nn(CC(C)C)c(Cl)c1/C=C/C(=O)c1ccc(F)cc1F. The second-order valence-electron chi connectivity index (χ2n) is 5.69. The molecule has 0 aliphatic heterocycles. The quantitative estimate of drug-likeness (QED) is 0.586. The highest BCUT2D eigenvalue weighted by molar-refractivity contribution is 6.31. The highest BCUT2D eigenvalue weighted by atomic mass is 35.5. The van der Waals surface area contributed by atoms with Gasteiger partial charge in [0.1, 0.15) is 16.8 Å². The van der Waals surface area contributed by atoms with E-state index in [9.17, 15) is 13.6 Å². The van der Waals surface area contributed by atoms with Crippen molar-refractivity contribution in [3.05, 3.63) is 57.9 Å². The van der Waals surface area contributed by atoms with E-state index >= 15 is 0 Å². The number of allylic oxidation sites excluding steroid dienone is 1. The number of aromatic nitrogens is 2. The number of carbonyl (C=O) groups excluding carboxylic acids is 1. The fourth-order valence-electron chi connectivity index (χ4n) is 2.16.